The quantitative estimate of drug-likeness (QED) is 0.823. The summed E-state index contributed by atoms with van der Waals surface area (Å²) in [5.41, 5.74) is 1.87. The Morgan fingerprint density at radius 1 is 1.15 bits per heavy atom. The number of likely N-dealkylation sites (tertiary alicyclic amines) is 1. The Labute approximate surface area is 159 Å². The number of benzene rings is 1. The van der Waals surface area contributed by atoms with Crippen LogP contribution in [0, 0.1) is 13.8 Å². The van der Waals surface area contributed by atoms with Crippen LogP contribution in [0.1, 0.15) is 47.7 Å². The topological polar surface area (TPSA) is 87.1 Å². The van der Waals surface area contributed by atoms with Gasteiger partial charge in [0.2, 0.25) is 0 Å². The summed E-state index contributed by atoms with van der Waals surface area (Å²) in [7, 11) is 1.47. The normalized spacial score (nSPS) is 15.2. The van der Waals surface area contributed by atoms with E-state index in [1.54, 1.807) is 12.1 Å². The molecule has 1 aliphatic rings. The van der Waals surface area contributed by atoms with Gasteiger partial charge in [-0.3, -0.25) is 9.59 Å². The number of piperidine rings is 1. The zero-order valence-electron chi connectivity index (χ0n) is 16.4. The first-order valence-electron chi connectivity index (χ1n) is 9.24. The van der Waals surface area contributed by atoms with Crippen molar-refractivity contribution in [1.82, 2.24) is 9.80 Å². The lowest BCUT2D eigenvalue weighted by atomic mass is 10.0. The number of carbonyl (C=O) groups is 3. The molecular weight excluding hydrogens is 348 g/mol. The van der Waals surface area contributed by atoms with Gasteiger partial charge in [-0.05, 0) is 63.3 Å². The minimum Gasteiger partial charge on any atom is -0.483 e. The molecule has 1 aromatic rings. The Balaban J connectivity index is 2.08. The van der Waals surface area contributed by atoms with E-state index in [1.807, 2.05) is 18.7 Å². The van der Waals surface area contributed by atoms with Crippen LogP contribution in [0.25, 0.3) is 0 Å². The Bertz CT molecular complexity index is 702. The highest BCUT2D eigenvalue weighted by atomic mass is 16.5. The third-order valence-corrected chi connectivity index (χ3v) is 5.01. The van der Waals surface area contributed by atoms with Crippen LogP contribution in [-0.2, 0) is 9.59 Å². The first-order valence-corrected chi connectivity index (χ1v) is 9.24. The molecule has 1 aromatic carbocycles. The molecule has 1 unspecified atom stereocenters. The molecule has 27 heavy (non-hydrogen) atoms. The lowest BCUT2D eigenvalue weighted by Crippen LogP contribution is -2.40. The van der Waals surface area contributed by atoms with E-state index in [0.717, 1.165) is 43.5 Å². The molecule has 7 nitrogen and oxygen atoms in total. The van der Waals surface area contributed by atoms with Crippen LogP contribution < -0.4 is 4.74 Å². The van der Waals surface area contributed by atoms with Gasteiger partial charge < -0.3 is 19.6 Å². The number of carboxylic acid groups (broad SMARTS) is 1. The second kappa shape index (κ2) is 8.88. The zero-order valence-corrected chi connectivity index (χ0v) is 16.4. The summed E-state index contributed by atoms with van der Waals surface area (Å²) in [6, 6.07) is 2.42. The average molecular weight is 376 g/mol. The van der Waals surface area contributed by atoms with Crippen LogP contribution >= 0.6 is 0 Å². The maximum atomic E-state index is 12.5. The van der Waals surface area contributed by atoms with E-state index in [2.05, 4.69) is 0 Å². The van der Waals surface area contributed by atoms with Gasteiger partial charge >= 0.3 is 5.97 Å². The third kappa shape index (κ3) is 4.99. The molecule has 1 saturated heterocycles. The molecule has 0 saturated carbocycles. The molecule has 148 valence electrons. The number of aryl methyl sites for hydroxylation is 2. The maximum absolute atomic E-state index is 12.5. The van der Waals surface area contributed by atoms with Crippen molar-refractivity contribution in [3.8, 4) is 5.75 Å². The summed E-state index contributed by atoms with van der Waals surface area (Å²) in [5.74, 6) is -0.864. The SMILES string of the molecule is Cc1cc(C(=O)N(C)C(C)C(=O)O)cc(C)c1OCC(=O)N1CCCCC1. The number of hydrogen-bond donors (Lipinski definition) is 1. The highest BCUT2D eigenvalue weighted by molar-refractivity contribution is 5.97. The second-order valence-electron chi connectivity index (χ2n) is 7.10. The molecule has 0 spiro atoms. The van der Waals surface area contributed by atoms with E-state index in [4.69, 9.17) is 9.84 Å². The predicted octanol–water partition coefficient (Wildman–Crippen LogP) is 2.24. The van der Waals surface area contributed by atoms with E-state index < -0.39 is 12.0 Å². The van der Waals surface area contributed by atoms with Crippen LogP contribution in [-0.4, -0.2) is 65.5 Å². The van der Waals surface area contributed by atoms with Crippen LogP contribution in [0.3, 0.4) is 0 Å². The van der Waals surface area contributed by atoms with E-state index in [1.165, 1.54) is 18.9 Å². The van der Waals surface area contributed by atoms with Gasteiger partial charge in [0.25, 0.3) is 11.8 Å². The van der Waals surface area contributed by atoms with Gasteiger partial charge in [-0.1, -0.05) is 0 Å². The van der Waals surface area contributed by atoms with Gasteiger partial charge in [0, 0.05) is 25.7 Å². The number of aliphatic carboxylic acids is 1. The van der Waals surface area contributed by atoms with Crippen LogP contribution in [0.15, 0.2) is 12.1 Å². The predicted molar refractivity (Wildman–Crippen MR) is 101 cm³/mol. The van der Waals surface area contributed by atoms with Crippen molar-refractivity contribution in [2.24, 2.45) is 0 Å². The molecule has 0 aliphatic carbocycles. The fourth-order valence-corrected chi connectivity index (χ4v) is 3.22. The molecule has 0 bridgehead atoms. The highest BCUT2D eigenvalue weighted by Gasteiger charge is 2.24. The minimum atomic E-state index is -1.06. The van der Waals surface area contributed by atoms with Crippen molar-refractivity contribution in [2.45, 2.75) is 46.1 Å². The monoisotopic (exact) mass is 376 g/mol. The number of amides is 2. The number of ether oxygens (including phenoxy) is 1. The summed E-state index contributed by atoms with van der Waals surface area (Å²) in [5, 5.41) is 9.08. The van der Waals surface area contributed by atoms with Gasteiger partial charge in [0.05, 0.1) is 0 Å². The van der Waals surface area contributed by atoms with Gasteiger partial charge in [-0.15, -0.1) is 0 Å². The number of nitrogens with zero attached hydrogens (tertiary/aromatic N) is 2. The van der Waals surface area contributed by atoms with Crippen molar-refractivity contribution in [1.29, 1.82) is 0 Å². The fraction of sp³-hybridized carbons (Fsp3) is 0.550. The van der Waals surface area contributed by atoms with Gasteiger partial charge in [-0.25, -0.2) is 4.79 Å². The Hall–Kier alpha value is -2.57. The molecule has 1 N–H and O–H groups in total. The third-order valence-electron chi connectivity index (χ3n) is 5.01. The van der Waals surface area contributed by atoms with Crippen LogP contribution in [0.2, 0.25) is 0 Å². The van der Waals surface area contributed by atoms with Crippen LogP contribution in [0.4, 0.5) is 0 Å². The molecule has 2 rings (SSSR count). The molecule has 1 fully saturated rings. The van der Waals surface area contributed by atoms with Crippen molar-refractivity contribution < 1.29 is 24.2 Å². The maximum Gasteiger partial charge on any atom is 0.326 e. The summed E-state index contributed by atoms with van der Waals surface area (Å²) >= 11 is 0. The Morgan fingerprint density at radius 3 is 2.22 bits per heavy atom. The fourth-order valence-electron chi connectivity index (χ4n) is 3.22. The van der Waals surface area contributed by atoms with E-state index >= 15 is 0 Å². The average Bonchev–Trinajstić information content (AvgIpc) is 2.65. The van der Waals surface area contributed by atoms with E-state index in [0.29, 0.717) is 11.3 Å². The first kappa shape index (κ1) is 20.7. The van der Waals surface area contributed by atoms with E-state index in [-0.39, 0.29) is 18.4 Å². The van der Waals surface area contributed by atoms with Crippen molar-refractivity contribution >= 4 is 17.8 Å². The molecule has 0 radical (unpaired) electrons. The summed E-state index contributed by atoms with van der Waals surface area (Å²) in [4.78, 5) is 38.9. The Morgan fingerprint density at radius 2 is 1.70 bits per heavy atom. The van der Waals surface area contributed by atoms with Gasteiger partial charge in [-0.2, -0.15) is 0 Å². The molecule has 1 atom stereocenters. The number of carbonyl (C=O) groups excluding carboxylic acids is 2. The number of carboxylic acids is 1. The Kier molecular flexibility index (Phi) is 6.82. The number of hydrogen-bond acceptors (Lipinski definition) is 4. The second-order valence-corrected chi connectivity index (χ2v) is 7.10. The van der Waals surface area contributed by atoms with Crippen molar-refractivity contribution in [3.63, 3.8) is 0 Å². The van der Waals surface area contributed by atoms with Crippen LogP contribution in [0.5, 0.6) is 5.75 Å². The highest BCUT2D eigenvalue weighted by Crippen LogP contribution is 2.26. The summed E-state index contributed by atoms with van der Waals surface area (Å²) < 4.78 is 5.75. The van der Waals surface area contributed by atoms with Crippen molar-refractivity contribution in [3.05, 3.63) is 28.8 Å². The zero-order chi connectivity index (χ0) is 20.1. The molecule has 1 heterocycles. The lowest BCUT2D eigenvalue weighted by molar-refractivity contribution is -0.141. The van der Waals surface area contributed by atoms with Gasteiger partial charge in [0.1, 0.15) is 11.8 Å². The van der Waals surface area contributed by atoms with Crippen molar-refractivity contribution in [2.75, 3.05) is 26.7 Å². The first-order chi connectivity index (χ1) is 12.7. The summed E-state index contributed by atoms with van der Waals surface area (Å²) in [6.07, 6.45) is 3.22. The largest absolute Gasteiger partial charge is 0.483 e. The molecule has 7 heteroatoms. The molecular formula is C20H28N2O5. The van der Waals surface area contributed by atoms with Gasteiger partial charge in [0.15, 0.2) is 6.61 Å². The minimum absolute atomic E-state index is 0.0229. The molecule has 2 amide bonds. The number of likely N-dealkylation sites (N-methyl/N-ethyl adjacent to an activating group) is 1. The smallest absolute Gasteiger partial charge is 0.326 e. The van der Waals surface area contributed by atoms with E-state index in [9.17, 15) is 14.4 Å². The molecule has 0 aromatic heterocycles. The summed E-state index contributed by atoms with van der Waals surface area (Å²) in [6.45, 7) is 6.62. The molecule has 1 aliphatic heterocycles. The number of rotatable bonds is 6. The lowest BCUT2D eigenvalue weighted by Gasteiger charge is -2.27. The standard InChI is InChI=1S/C20H28N2O5/c1-13-10-16(19(24)21(4)15(3)20(25)26)11-14(2)18(13)27-12-17(23)22-8-6-5-7-9-22/h10-11,15H,5-9,12H2,1-4H3,(H,25,26).